The third-order valence-electron chi connectivity index (χ3n) is 3.93. The van der Waals surface area contributed by atoms with Crippen LogP contribution in [0.5, 0.6) is 5.88 Å². The second-order valence-corrected chi connectivity index (χ2v) is 6.76. The first kappa shape index (κ1) is 20.7. The molecule has 1 heterocycles. The first-order chi connectivity index (χ1) is 12.9. The number of amides is 2. The lowest BCUT2D eigenvalue weighted by Gasteiger charge is -2.22. The van der Waals surface area contributed by atoms with E-state index in [2.05, 4.69) is 15.6 Å². The predicted octanol–water partition coefficient (Wildman–Crippen LogP) is 3.20. The molecule has 0 fully saturated rings. The van der Waals surface area contributed by atoms with Gasteiger partial charge in [-0.2, -0.15) is 0 Å². The Balaban J connectivity index is 2.02. The maximum Gasteiger partial charge on any atom is 0.251 e. The molecule has 0 aliphatic carbocycles. The van der Waals surface area contributed by atoms with Gasteiger partial charge in [0, 0.05) is 28.9 Å². The van der Waals surface area contributed by atoms with E-state index in [9.17, 15) is 9.59 Å². The maximum atomic E-state index is 12.6. The monoisotopic (exact) mass is 389 g/mol. The molecule has 0 aliphatic heterocycles. The number of carbonyl (C=O) groups excluding carboxylic acids is 2. The van der Waals surface area contributed by atoms with Crippen LogP contribution in [0.15, 0.2) is 42.6 Å². The normalized spacial score (nSPS) is 11.7. The number of nitrogens with zero attached hydrogens (tertiary/aromatic N) is 1. The van der Waals surface area contributed by atoms with Crippen molar-refractivity contribution in [2.24, 2.45) is 5.92 Å². The largest absolute Gasteiger partial charge is 0.478 e. The number of aromatic nitrogens is 1. The minimum atomic E-state index is -0.666. The van der Waals surface area contributed by atoms with E-state index in [1.165, 1.54) is 0 Å². The zero-order chi connectivity index (χ0) is 19.8. The summed E-state index contributed by atoms with van der Waals surface area (Å²) in [6.07, 6.45) is 1.64. The zero-order valence-corrected chi connectivity index (χ0v) is 16.4. The topological polar surface area (TPSA) is 80.3 Å². The van der Waals surface area contributed by atoms with Crippen molar-refractivity contribution < 1.29 is 14.3 Å². The van der Waals surface area contributed by atoms with Gasteiger partial charge >= 0.3 is 0 Å². The molecule has 0 bridgehead atoms. The molecule has 1 aromatic carbocycles. The zero-order valence-electron chi connectivity index (χ0n) is 15.7. The fraction of sp³-hybridized carbons (Fsp3) is 0.350. The third-order valence-corrected chi connectivity index (χ3v) is 4.18. The molecular formula is C20H24ClN3O3. The number of pyridine rings is 1. The smallest absolute Gasteiger partial charge is 0.251 e. The molecule has 27 heavy (non-hydrogen) atoms. The molecule has 0 saturated carbocycles. The summed E-state index contributed by atoms with van der Waals surface area (Å²) in [5, 5.41) is 6.18. The Morgan fingerprint density at radius 1 is 1.19 bits per heavy atom. The molecule has 1 unspecified atom stereocenters. The molecule has 2 rings (SSSR count). The quantitative estimate of drug-likeness (QED) is 0.726. The van der Waals surface area contributed by atoms with Crippen molar-refractivity contribution >= 4 is 23.4 Å². The SMILES string of the molecule is CCOc1ncccc1CNC(=O)C(NC(=O)c1ccc(Cl)cc1)C(C)C. The molecule has 7 heteroatoms. The number of hydrogen-bond donors (Lipinski definition) is 2. The van der Waals surface area contributed by atoms with Gasteiger partial charge in [0.25, 0.3) is 5.91 Å². The van der Waals surface area contributed by atoms with Gasteiger partial charge in [-0.3, -0.25) is 9.59 Å². The highest BCUT2D eigenvalue weighted by atomic mass is 35.5. The van der Waals surface area contributed by atoms with Gasteiger partial charge in [-0.15, -0.1) is 0 Å². The summed E-state index contributed by atoms with van der Waals surface area (Å²) < 4.78 is 5.47. The van der Waals surface area contributed by atoms with Crippen LogP contribution in [0.3, 0.4) is 0 Å². The molecule has 0 radical (unpaired) electrons. The van der Waals surface area contributed by atoms with Crippen LogP contribution in [0.1, 0.15) is 36.7 Å². The van der Waals surface area contributed by atoms with Gasteiger partial charge in [-0.05, 0) is 43.2 Å². The summed E-state index contributed by atoms with van der Waals surface area (Å²) in [7, 11) is 0. The van der Waals surface area contributed by atoms with Gasteiger partial charge < -0.3 is 15.4 Å². The van der Waals surface area contributed by atoms with E-state index in [-0.39, 0.29) is 24.3 Å². The molecule has 2 aromatic rings. The van der Waals surface area contributed by atoms with Crippen molar-refractivity contribution in [2.75, 3.05) is 6.61 Å². The van der Waals surface area contributed by atoms with Crippen LogP contribution in [0.2, 0.25) is 5.02 Å². The number of nitrogens with one attached hydrogen (secondary N) is 2. The molecule has 0 aliphatic rings. The summed E-state index contributed by atoms with van der Waals surface area (Å²) in [5.74, 6) is -0.177. The Hall–Kier alpha value is -2.60. The van der Waals surface area contributed by atoms with E-state index in [1.807, 2.05) is 26.8 Å². The Labute approximate surface area is 164 Å². The van der Waals surface area contributed by atoms with Crippen molar-refractivity contribution in [2.45, 2.75) is 33.4 Å². The molecular weight excluding hydrogens is 366 g/mol. The number of carbonyl (C=O) groups is 2. The highest BCUT2D eigenvalue weighted by Crippen LogP contribution is 2.14. The minimum Gasteiger partial charge on any atom is -0.478 e. The number of hydrogen-bond acceptors (Lipinski definition) is 4. The minimum absolute atomic E-state index is 0.0819. The van der Waals surface area contributed by atoms with Crippen LogP contribution in [0.25, 0.3) is 0 Å². The third kappa shape index (κ3) is 5.96. The van der Waals surface area contributed by atoms with Crippen LogP contribution >= 0.6 is 11.6 Å². The summed E-state index contributed by atoms with van der Waals surface area (Å²) >= 11 is 5.85. The van der Waals surface area contributed by atoms with Gasteiger partial charge in [0.2, 0.25) is 11.8 Å². The van der Waals surface area contributed by atoms with E-state index in [0.29, 0.717) is 23.1 Å². The molecule has 0 spiro atoms. The van der Waals surface area contributed by atoms with E-state index in [1.54, 1.807) is 36.5 Å². The van der Waals surface area contributed by atoms with Crippen molar-refractivity contribution in [3.05, 3.63) is 58.7 Å². The van der Waals surface area contributed by atoms with Crippen LogP contribution < -0.4 is 15.4 Å². The van der Waals surface area contributed by atoms with E-state index >= 15 is 0 Å². The van der Waals surface area contributed by atoms with Crippen molar-refractivity contribution in [1.29, 1.82) is 0 Å². The second kappa shape index (κ2) is 9.92. The van der Waals surface area contributed by atoms with Crippen molar-refractivity contribution in [3.63, 3.8) is 0 Å². The molecule has 0 saturated heterocycles. The summed E-state index contributed by atoms with van der Waals surface area (Å²) in [6.45, 7) is 6.38. The number of halogens is 1. The molecule has 2 amide bonds. The lowest BCUT2D eigenvalue weighted by molar-refractivity contribution is -0.124. The lowest BCUT2D eigenvalue weighted by Crippen LogP contribution is -2.49. The fourth-order valence-electron chi connectivity index (χ4n) is 2.48. The Bertz CT molecular complexity index is 778. The van der Waals surface area contributed by atoms with E-state index in [4.69, 9.17) is 16.3 Å². The van der Waals surface area contributed by atoms with Gasteiger partial charge in [-0.1, -0.05) is 31.5 Å². The average molecular weight is 390 g/mol. The first-order valence-corrected chi connectivity index (χ1v) is 9.21. The molecule has 144 valence electrons. The van der Waals surface area contributed by atoms with E-state index < -0.39 is 6.04 Å². The molecule has 6 nitrogen and oxygen atoms in total. The summed E-state index contributed by atoms with van der Waals surface area (Å²) in [6, 6.07) is 9.48. The maximum absolute atomic E-state index is 12.6. The summed E-state index contributed by atoms with van der Waals surface area (Å²) in [4.78, 5) is 29.2. The number of ether oxygens (including phenoxy) is 1. The number of benzene rings is 1. The predicted molar refractivity (Wildman–Crippen MR) is 105 cm³/mol. The molecule has 2 N–H and O–H groups in total. The van der Waals surface area contributed by atoms with Gasteiger partial charge in [0.15, 0.2) is 0 Å². The average Bonchev–Trinajstić information content (AvgIpc) is 2.65. The second-order valence-electron chi connectivity index (χ2n) is 6.32. The van der Waals surface area contributed by atoms with Crippen molar-refractivity contribution in [1.82, 2.24) is 15.6 Å². The van der Waals surface area contributed by atoms with Gasteiger partial charge in [0.05, 0.1) is 6.61 Å². The lowest BCUT2D eigenvalue weighted by atomic mass is 10.0. The standard InChI is InChI=1S/C20H24ClN3O3/c1-4-27-20-15(6-5-11-22-20)12-23-19(26)17(13(2)3)24-18(25)14-7-9-16(21)10-8-14/h5-11,13,17H,4,12H2,1-3H3,(H,23,26)(H,24,25). The highest BCUT2D eigenvalue weighted by molar-refractivity contribution is 6.30. The fourth-order valence-corrected chi connectivity index (χ4v) is 2.60. The van der Waals surface area contributed by atoms with Crippen LogP contribution in [0, 0.1) is 5.92 Å². The number of rotatable bonds is 8. The van der Waals surface area contributed by atoms with Crippen LogP contribution in [0.4, 0.5) is 0 Å². The first-order valence-electron chi connectivity index (χ1n) is 8.83. The highest BCUT2D eigenvalue weighted by Gasteiger charge is 2.24. The van der Waals surface area contributed by atoms with Crippen LogP contribution in [-0.4, -0.2) is 29.4 Å². The molecule has 1 aromatic heterocycles. The van der Waals surface area contributed by atoms with Crippen molar-refractivity contribution in [3.8, 4) is 5.88 Å². The van der Waals surface area contributed by atoms with Gasteiger partial charge in [0.1, 0.15) is 6.04 Å². The van der Waals surface area contributed by atoms with Gasteiger partial charge in [-0.25, -0.2) is 4.98 Å². The van der Waals surface area contributed by atoms with E-state index in [0.717, 1.165) is 5.56 Å². The van der Waals surface area contributed by atoms with Crippen LogP contribution in [-0.2, 0) is 11.3 Å². The molecule has 1 atom stereocenters. The summed E-state index contributed by atoms with van der Waals surface area (Å²) in [5.41, 5.74) is 1.22. The Kier molecular flexibility index (Phi) is 7.61. The Morgan fingerprint density at radius 3 is 2.52 bits per heavy atom. The Morgan fingerprint density at radius 2 is 1.89 bits per heavy atom.